The number of nitrogens with one attached hydrogen (secondary N) is 1. The van der Waals surface area contributed by atoms with Crippen LogP contribution in [0.4, 0.5) is 5.69 Å². The Hall–Kier alpha value is -1.48. The highest BCUT2D eigenvalue weighted by atomic mass is 79.9. The second-order valence-electron chi connectivity index (χ2n) is 5.08. The van der Waals surface area contributed by atoms with Gasteiger partial charge in [0.15, 0.2) is 0 Å². The van der Waals surface area contributed by atoms with Gasteiger partial charge in [-0.25, -0.2) is 0 Å². The minimum Gasteiger partial charge on any atom is -0.508 e. The molecule has 0 saturated carbocycles. The molecule has 0 bridgehead atoms. The number of benzene rings is 2. The van der Waals surface area contributed by atoms with Gasteiger partial charge in [0.05, 0.1) is 6.04 Å². The first-order valence-corrected chi connectivity index (χ1v) is 7.27. The van der Waals surface area contributed by atoms with Crippen molar-refractivity contribution in [2.75, 3.05) is 5.32 Å². The summed E-state index contributed by atoms with van der Waals surface area (Å²) in [6.45, 7) is 2.11. The molecule has 2 aromatic carbocycles. The number of halogens is 1. The number of aryl methyl sites for hydroxylation is 2. The molecule has 0 heterocycles. The lowest BCUT2D eigenvalue weighted by Crippen LogP contribution is -2.08. The zero-order valence-corrected chi connectivity index (χ0v) is 12.4. The molecule has 1 aliphatic rings. The van der Waals surface area contributed by atoms with Crippen LogP contribution >= 0.6 is 15.9 Å². The van der Waals surface area contributed by atoms with Crippen LogP contribution in [0.1, 0.15) is 29.2 Å². The number of hydrogen-bond acceptors (Lipinski definition) is 2. The van der Waals surface area contributed by atoms with Crippen molar-refractivity contribution in [3.05, 3.63) is 57.6 Å². The van der Waals surface area contributed by atoms with E-state index in [1.807, 2.05) is 12.1 Å². The highest BCUT2D eigenvalue weighted by molar-refractivity contribution is 9.10. The maximum atomic E-state index is 9.53. The Balaban J connectivity index is 1.88. The van der Waals surface area contributed by atoms with Crippen LogP contribution in [0.2, 0.25) is 0 Å². The predicted octanol–water partition coefficient (Wildman–Crippen LogP) is 4.56. The summed E-state index contributed by atoms with van der Waals surface area (Å²) >= 11 is 3.51. The average Bonchev–Trinajstić information content (AvgIpc) is 2.76. The second-order valence-corrected chi connectivity index (χ2v) is 5.99. The van der Waals surface area contributed by atoms with Crippen LogP contribution in [-0.4, -0.2) is 5.11 Å². The fourth-order valence-electron chi connectivity index (χ4n) is 2.69. The van der Waals surface area contributed by atoms with Gasteiger partial charge in [-0.15, -0.1) is 0 Å². The number of anilines is 1. The molecule has 2 nitrogen and oxygen atoms in total. The number of fused-ring (bicyclic) bond motifs is 1. The van der Waals surface area contributed by atoms with Crippen molar-refractivity contribution in [1.82, 2.24) is 0 Å². The average molecular weight is 318 g/mol. The van der Waals surface area contributed by atoms with Gasteiger partial charge in [-0.3, -0.25) is 0 Å². The van der Waals surface area contributed by atoms with Crippen molar-refractivity contribution in [3.8, 4) is 5.75 Å². The predicted molar refractivity (Wildman–Crippen MR) is 81.7 cm³/mol. The minimum atomic E-state index is 0.337. The molecule has 3 rings (SSSR count). The molecule has 0 aliphatic heterocycles. The molecule has 0 aromatic heterocycles. The Morgan fingerprint density at radius 2 is 2.05 bits per heavy atom. The Bertz CT molecular complexity index is 624. The quantitative estimate of drug-likeness (QED) is 0.850. The zero-order chi connectivity index (χ0) is 13.4. The highest BCUT2D eigenvalue weighted by Gasteiger charge is 2.22. The smallest absolute Gasteiger partial charge is 0.115 e. The molecule has 0 spiro atoms. The summed E-state index contributed by atoms with van der Waals surface area (Å²) in [5.41, 5.74) is 4.97. The van der Waals surface area contributed by atoms with E-state index >= 15 is 0 Å². The largest absolute Gasteiger partial charge is 0.508 e. The first-order chi connectivity index (χ1) is 9.13. The molecule has 2 aromatic rings. The summed E-state index contributed by atoms with van der Waals surface area (Å²) in [5.74, 6) is 0.359. The second kappa shape index (κ2) is 4.89. The number of hydrogen-bond donors (Lipinski definition) is 2. The van der Waals surface area contributed by atoms with Crippen molar-refractivity contribution in [1.29, 1.82) is 0 Å². The van der Waals surface area contributed by atoms with Crippen molar-refractivity contribution >= 4 is 21.6 Å². The van der Waals surface area contributed by atoms with Gasteiger partial charge in [0.1, 0.15) is 5.75 Å². The van der Waals surface area contributed by atoms with Crippen molar-refractivity contribution in [2.24, 2.45) is 0 Å². The fourth-order valence-corrected chi connectivity index (χ4v) is 3.05. The zero-order valence-electron chi connectivity index (χ0n) is 10.8. The molecule has 0 saturated heterocycles. The summed E-state index contributed by atoms with van der Waals surface area (Å²) in [6.07, 6.45) is 2.10. The first-order valence-electron chi connectivity index (χ1n) is 6.48. The monoisotopic (exact) mass is 317 g/mol. The van der Waals surface area contributed by atoms with Gasteiger partial charge in [0.25, 0.3) is 0 Å². The van der Waals surface area contributed by atoms with E-state index in [4.69, 9.17) is 0 Å². The van der Waals surface area contributed by atoms with E-state index in [1.165, 1.54) is 22.4 Å². The Kier molecular flexibility index (Phi) is 3.23. The van der Waals surface area contributed by atoms with Crippen LogP contribution < -0.4 is 5.32 Å². The Morgan fingerprint density at radius 1 is 1.21 bits per heavy atom. The molecule has 2 N–H and O–H groups in total. The number of rotatable bonds is 2. The molecule has 0 fully saturated rings. The van der Waals surface area contributed by atoms with Gasteiger partial charge in [-0.05, 0) is 60.7 Å². The van der Waals surface area contributed by atoms with E-state index in [-0.39, 0.29) is 0 Å². The third-order valence-electron chi connectivity index (χ3n) is 3.73. The lowest BCUT2D eigenvalue weighted by Gasteiger charge is -2.17. The van der Waals surface area contributed by atoms with Crippen LogP contribution in [0.5, 0.6) is 5.75 Å². The molecule has 0 radical (unpaired) electrons. The van der Waals surface area contributed by atoms with Crippen LogP contribution in [-0.2, 0) is 6.42 Å². The minimum absolute atomic E-state index is 0.337. The van der Waals surface area contributed by atoms with E-state index in [0.29, 0.717) is 11.8 Å². The van der Waals surface area contributed by atoms with Crippen LogP contribution in [0.15, 0.2) is 40.9 Å². The lowest BCUT2D eigenvalue weighted by atomic mass is 10.1. The van der Waals surface area contributed by atoms with Gasteiger partial charge in [0, 0.05) is 10.2 Å². The normalized spacial score (nSPS) is 17.3. The molecular formula is C16H16BrNO. The van der Waals surface area contributed by atoms with E-state index in [2.05, 4.69) is 46.4 Å². The van der Waals surface area contributed by atoms with Gasteiger partial charge in [0.2, 0.25) is 0 Å². The number of phenols is 1. The van der Waals surface area contributed by atoms with E-state index in [0.717, 1.165) is 17.3 Å². The van der Waals surface area contributed by atoms with E-state index in [9.17, 15) is 5.11 Å². The SMILES string of the molecule is Cc1ccc(Br)cc1NC1CCc2cc(O)ccc21. The van der Waals surface area contributed by atoms with Crippen molar-refractivity contribution in [3.63, 3.8) is 0 Å². The molecule has 1 atom stereocenters. The standard InChI is InChI=1S/C16H16BrNO/c1-10-2-4-12(17)9-16(10)18-15-7-3-11-8-13(19)5-6-14(11)15/h2,4-6,8-9,15,18-19H,3,7H2,1H3. The van der Waals surface area contributed by atoms with Crippen molar-refractivity contribution in [2.45, 2.75) is 25.8 Å². The van der Waals surface area contributed by atoms with Crippen LogP contribution in [0.25, 0.3) is 0 Å². The summed E-state index contributed by atoms with van der Waals surface area (Å²) in [7, 11) is 0. The highest BCUT2D eigenvalue weighted by Crippen LogP contribution is 2.36. The first kappa shape index (κ1) is 12.5. The Morgan fingerprint density at radius 3 is 2.89 bits per heavy atom. The maximum absolute atomic E-state index is 9.53. The third-order valence-corrected chi connectivity index (χ3v) is 4.23. The van der Waals surface area contributed by atoms with E-state index in [1.54, 1.807) is 6.07 Å². The molecule has 1 aliphatic carbocycles. The van der Waals surface area contributed by atoms with Crippen LogP contribution in [0.3, 0.4) is 0 Å². The van der Waals surface area contributed by atoms with Gasteiger partial charge >= 0.3 is 0 Å². The summed E-state index contributed by atoms with van der Waals surface area (Å²) < 4.78 is 1.09. The van der Waals surface area contributed by atoms with Gasteiger partial charge in [-0.2, -0.15) is 0 Å². The summed E-state index contributed by atoms with van der Waals surface area (Å²) in [4.78, 5) is 0. The summed E-state index contributed by atoms with van der Waals surface area (Å²) in [6, 6.07) is 12.3. The van der Waals surface area contributed by atoms with Crippen LogP contribution in [0, 0.1) is 6.92 Å². The van der Waals surface area contributed by atoms with E-state index < -0.39 is 0 Å². The number of aromatic hydroxyl groups is 1. The topological polar surface area (TPSA) is 32.3 Å². The third kappa shape index (κ3) is 2.47. The molecular weight excluding hydrogens is 302 g/mol. The summed E-state index contributed by atoms with van der Waals surface area (Å²) in [5, 5.41) is 13.1. The molecule has 98 valence electrons. The molecule has 19 heavy (non-hydrogen) atoms. The van der Waals surface area contributed by atoms with Gasteiger partial charge in [-0.1, -0.05) is 28.1 Å². The molecule has 3 heteroatoms. The Labute approximate surface area is 121 Å². The van der Waals surface area contributed by atoms with Gasteiger partial charge < -0.3 is 10.4 Å². The number of phenolic OH excluding ortho intramolecular Hbond substituents is 1. The molecule has 1 unspecified atom stereocenters. The molecule has 0 amide bonds. The lowest BCUT2D eigenvalue weighted by molar-refractivity contribution is 0.474. The van der Waals surface area contributed by atoms with Crippen molar-refractivity contribution < 1.29 is 5.11 Å². The fraction of sp³-hybridized carbons (Fsp3) is 0.250. The maximum Gasteiger partial charge on any atom is 0.115 e.